The van der Waals surface area contributed by atoms with Gasteiger partial charge in [-0.1, -0.05) is 18.2 Å². The predicted molar refractivity (Wildman–Crippen MR) is 96.4 cm³/mol. The number of nitrogens with one attached hydrogen (secondary N) is 1. The molecule has 0 amide bonds. The SMILES string of the molecule is Cc1nc(Cn2ccnc2-c2ccc(C)c3ncccc23)cc(=O)[nH]1. The Morgan fingerprint density at radius 2 is 2.00 bits per heavy atom. The number of hydrogen-bond acceptors (Lipinski definition) is 4. The molecule has 6 nitrogen and oxygen atoms in total. The lowest BCUT2D eigenvalue weighted by Gasteiger charge is -2.11. The zero-order valence-corrected chi connectivity index (χ0v) is 14.0. The van der Waals surface area contributed by atoms with E-state index in [2.05, 4.69) is 45.1 Å². The zero-order chi connectivity index (χ0) is 17.4. The maximum atomic E-state index is 11.7. The van der Waals surface area contributed by atoms with Crippen LogP contribution in [0.5, 0.6) is 0 Å². The Morgan fingerprint density at radius 3 is 2.84 bits per heavy atom. The van der Waals surface area contributed by atoms with Gasteiger partial charge in [0.05, 0.1) is 17.8 Å². The van der Waals surface area contributed by atoms with Crippen molar-refractivity contribution in [2.45, 2.75) is 20.4 Å². The molecule has 3 aromatic heterocycles. The Labute approximate surface area is 144 Å². The molecule has 0 aliphatic carbocycles. The number of aromatic nitrogens is 5. The predicted octanol–water partition coefficient (Wildman–Crippen LogP) is 2.85. The number of rotatable bonds is 3. The molecule has 0 saturated carbocycles. The van der Waals surface area contributed by atoms with Crippen LogP contribution in [0.15, 0.2) is 53.7 Å². The van der Waals surface area contributed by atoms with E-state index in [1.165, 1.54) is 6.07 Å². The van der Waals surface area contributed by atoms with Crippen molar-refractivity contribution in [3.8, 4) is 11.4 Å². The summed E-state index contributed by atoms with van der Waals surface area (Å²) in [5, 5.41) is 1.06. The van der Waals surface area contributed by atoms with Crippen LogP contribution in [0.25, 0.3) is 22.3 Å². The highest BCUT2D eigenvalue weighted by atomic mass is 16.1. The topological polar surface area (TPSA) is 76.5 Å². The summed E-state index contributed by atoms with van der Waals surface area (Å²) >= 11 is 0. The first-order valence-corrected chi connectivity index (χ1v) is 8.04. The van der Waals surface area contributed by atoms with Gasteiger partial charge in [0, 0.05) is 35.6 Å². The van der Waals surface area contributed by atoms with Gasteiger partial charge in [-0.25, -0.2) is 9.97 Å². The maximum Gasteiger partial charge on any atom is 0.251 e. The van der Waals surface area contributed by atoms with E-state index >= 15 is 0 Å². The fourth-order valence-electron chi connectivity index (χ4n) is 3.09. The molecule has 0 fully saturated rings. The highest BCUT2D eigenvalue weighted by molar-refractivity contribution is 5.94. The average molecular weight is 331 g/mol. The van der Waals surface area contributed by atoms with Crippen LogP contribution in [0.4, 0.5) is 0 Å². The van der Waals surface area contributed by atoms with Crippen molar-refractivity contribution in [3.63, 3.8) is 0 Å². The number of aromatic amines is 1. The van der Waals surface area contributed by atoms with Crippen LogP contribution in [0.1, 0.15) is 17.1 Å². The first kappa shape index (κ1) is 15.3. The number of nitrogens with zero attached hydrogens (tertiary/aromatic N) is 4. The molecule has 0 radical (unpaired) electrons. The van der Waals surface area contributed by atoms with Crippen molar-refractivity contribution in [3.05, 3.63) is 76.4 Å². The van der Waals surface area contributed by atoms with Crippen LogP contribution in [-0.2, 0) is 6.54 Å². The Morgan fingerprint density at radius 1 is 1.12 bits per heavy atom. The van der Waals surface area contributed by atoms with Crippen LogP contribution < -0.4 is 5.56 Å². The van der Waals surface area contributed by atoms with Gasteiger partial charge in [-0.05, 0) is 25.5 Å². The first-order valence-electron chi connectivity index (χ1n) is 8.04. The van der Waals surface area contributed by atoms with Crippen LogP contribution in [0.3, 0.4) is 0 Å². The lowest BCUT2D eigenvalue weighted by molar-refractivity contribution is 0.767. The molecule has 0 spiro atoms. The number of benzene rings is 1. The fraction of sp³-hybridized carbons (Fsp3) is 0.158. The van der Waals surface area contributed by atoms with E-state index < -0.39 is 0 Å². The van der Waals surface area contributed by atoms with Gasteiger partial charge in [0.1, 0.15) is 11.6 Å². The minimum absolute atomic E-state index is 0.144. The van der Waals surface area contributed by atoms with Crippen molar-refractivity contribution < 1.29 is 0 Å². The molecule has 0 saturated heterocycles. The molecule has 4 aromatic rings. The molecule has 1 aromatic carbocycles. The molecule has 6 heteroatoms. The van der Waals surface area contributed by atoms with Gasteiger partial charge in [0.25, 0.3) is 5.56 Å². The lowest BCUT2D eigenvalue weighted by Crippen LogP contribution is -2.13. The maximum absolute atomic E-state index is 11.7. The molecule has 3 heterocycles. The number of fused-ring (bicyclic) bond motifs is 1. The second-order valence-corrected chi connectivity index (χ2v) is 6.03. The number of H-pyrrole nitrogens is 1. The second kappa shape index (κ2) is 5.98. The van der Waals surface area contributed by atoms with E-state index in [1.54, 1.807) is 19.3 Å². The molecular formula is C19H17N5O. The number of imidazole rings is 1. The molecule has 0 atom stereocenters. The molecule has 124 valence electrons. The Bertz CT molecular complexity index is 1130. The van der Waals surface area contributed by atoms with Gasteiger partial charge in [-0.3, -0.25) is 9.78 Å². The highest BCUT2D eigenvalue weighted by Crippen LogP contribution is 2.28. The fourth-order valence-corrected chi connectivity index (χ4v) is 3.09. The molecule has 25 heavy (non-hydrogen) atoms. The second-order valence-electron chi connectivity index (χ2n) is 6.03. The van der Waals surface area contributed by atoms with E-state index in [9.17, 15) is 4.79 Å². The Hall–Kier alpha value is -3.28. The van der Waals surface area contributed by atoms with E-state index in [1.807, 2.05) is 16.8 Å². The smallest absolute Gasteiger partial charge is 0.251 e. The minimum atomic E-state index is -0.144. The number of pyridine rings is 1. The third-order valence-electron chi connectivity index (χ3n) is 4.17. The Kier molecular flexibility index (Phi) is 3.65. The van der Waals surface area contributed by atoms with Crippen LogP contribution >= 0.6 is 0 Å². The molecule has 0 unspecified atom stereocenters. The summed E-state index contributed by atoms with van der Waals surface area (Å²) in [4.78, 5) is 27.8. The van der Waals surface area contributed by atoms with Crippen molar-refractivity contribution in [2.75, 3.05) is 0 Å². The summed E-state index contributed by atoms with van der Waals surface area (Å²) in [6.45, 7) is 4.31. The van der Waals surface area contributed by atoms with E-state index in [0.717, 1.165) is 27.9 Å². The molecule has 0 aliphatic rings. The van der Waals surface area contributed by atoms with E-state index in [0.29, 0.717) is 18.1 Å². The molecular weight excluding hydrogens is 314 g/mol. The van der Waals surface area contributed by atoms with Crippen LogP contribution in [0, 0.1) is 13.8 Å². The summed E-state index contributed by atoms with van der Waals surface area (Å²) in [5.41, 5.74) is 3.67. The summed E-state index contributed by atoms with van der Waals surface area (Å²) in [6, 6.07) is 9.62. The highest BCUT2D eigenvalue weighted by Gasteiger charge is 2.12. The molecule has 0 bridgehead atoms. The molecule has 0 aliphatic heterocycles. The van der Waals surface area contributed by atoms with Gasteiger partial charge in [0.2, 0.25) is 0 Å². The summed E-state index contributed by atoms with van der Waals surface area (Å²) in [5.74, 6) is 1.44. The summed E-state index contributed by atoms with van der Waals surface area (Å²) in [6.07, 6.45) is 5.46. The lowest BCUT2D eigenvalue weighted by atomic mass is 10.0. The monoisotopic (exact) mass is 331 g/mol. The van der Waals surface area contributed by atoms with Gasteiger partial charge in [0.15, 0.2) is 0 Å². The quantitative estimate of drug-likeness (QED) is 0.626. The average Bonchev–Trinajstić information content (AvgIpc) is 3.02. The Balaban J connectivity index is 1.83. The van der Waals surface area contributed by atoms with Crippen LogP contribution in [-0.4, -0.2) is 24.5 Å². The van der Waals surface area contributed by atoms with Crippen molar-refractivity contribution in [2.24, 2.45) is 0 Å². The normalized spacial score (nSPS) is 11.1. The summed E-state index contributed by atoms with van der Waals surface area (Å²) in [7, 11) is 0. The first-order chi connectivity index (χ1) is 12.1. The third kappa shape index (κ3) is 2.82. The third-order valence-corrected chi connectivity index (χ3v) is 4.17. The number of hydrogen-bond donors (Lipinski definition) is 1. The van der Waals surface area contributed by atoms with Gasteiger partial charge < -0.3 is 9.55 Å². The molecule has 4 rings (SSSR count). The summed E-state index contributed by atoms with van der Waals surface area (Å²) < 4.78 is 2.00. The zero-order valence-electron chi connectivity index (χ0n) is 14.0. The van der Waals surface area contributed by atoms with Gasteiger partial charge in [-0.2, -0.15) is 0 Å². The van der Waals surface area contributed by atoms with Crippen molar-refractivity contribution in [1.82, 2.24) is 24.5 Å². The van der Waals surface area contributed by atoms with Crippen LogP contribution in [0.2, 0.25) is 0 Å². The van der Waals surface area contributed by atoms with E-state index in [4.69, 9.17) is 0 Å². The molecule has 1 N–H and O–H groups in total. The van der Waals surface area contributed by atoms with Gasteiger partial charge >= 0.3 is 0 Å². The van der Waals surface area contributed by atoms with E-state index in [-0.39, 0.29) is 5.56 Å². The van der Waals surface area contributed by atoms with Crippen molar-refractivity contribution >= 4 is 10.9 Å². The van der Waals surface area contributed by atoms with Crippen molar-refractivity contribution in [1.29, 1.82) is 0 Å². The minimum Gasteiger partial charge on any atom is -0.325 e. The standard InChI is InChI=1S/C19H17N5O/c1-12-5-6-16(15-4-3-7-20-18(12)15)19-21-8-9-24(19)11-14-10-17(25)23-13(2)22-14/h3-10H,11H2,1-2H3,(H,22,23,25). The number of aryl methyl sites for hydroxylation is 2. The largest absolute Gasteiger partial charge is 0.325 e. The van der Waals surface area contributed by atoms with Gasteiger partial charge in [-0.15, -0.1) is 0 Å².